The molecule has 126 valence electrons. The van der Waals surface area contributed by atoms with E-state index in [1.807, 2.05) is 29.0 Å². The maximum absolute atomic E-state index is 12.4. The van der Waals surface area contributed by atoms with E-state index in [1.54, 1.807) is 13.1 Å². The highest BCUT2D eigenvalue weighted by atomic mass is 16.2. The largest absolute Gasteiger partial charge is 0.355 e. The second-order valence-corrected chi connectivity index (χ2v) is 6.29. The van der Waals surface area contributed by atoms with Crippen LogP contribution in [0.3, 0.4) is 0 Å². The first-order valence-electron chi connectivity index (χ1n) is 8.20. The molecule has 0 bridgehead atoms. The Labute approximate surface area is 141 Å². The van der Waals surface area contributed by atoms with Crippen molar-refractivity contribution in [3.8, 4) is 0 Å². The zero-order valence-electron chi connectivity index (χ0n) is 13.8. The molecule has 2 heterocycles. The van der Waals surface area contributed by atoms with Crippen LogP contribution in [-0.2, 0) is 29.1 Å². The molecule has 2 amide bonds. The number of aromatic nitrogens is 2. The Bertz CT molecular complexity index is 726. The molecule has 0 saturated carbocycles. The summed E-state index contributed by atoms with van der Waals surface area (Å²) in [4.78, 5) is 28.5. The number of carbonyl (C=O) groups excluding carboxylic acids is 2. The molecule has 2 N–H and O–H groups in total. The number of rotatable bonds is 6. The molecule has 3 rings (SSSR count). The Morgan fingerprint density at radius 1 is 1.38 bits per heavy atom. The third-order valence-electron chi connectivity index (χ3n) is 4.61. The standard InChI is InChI=1S/C18H22N4O2/c1-18(8-9-20-16(18)23)17(24)21-13-15-19-10-12-22(15)11-7-14-5-3-2-4-6-14/h2-6,10,12H,7-9,11,13H2,1H3,(H,20,23)(H,21,24). The van der Waals surface area contributed by atoms with Crippen LogP contribution in [0.5, 0.6) is 0 Å². The van der Waals surface area contributed by atoms with E-state index in [0.717, 1.165) is 18.8 Å². The monoisotopic (exact) mass is 326 g/mol. The molecule has 2 aromatic rings. The molecule has 1 saturated heterocycles. The summed E-state index contributed by atoms with van der Waals surface area (Å²) in [7, 11) is 0. The first-order chi connectivity index (χ1) is 11.6. The predicted octanol–water partition coefficient (Wildman–Crippen LogP) is 1.27. The molecule has 0 aliphatic carbocycles. The minimum Gasteiger partial charge on any atom is -0.355 e. The summed E-state index contributed by atoms with van der Waals surface area (Å²) in [5.74, 6) is 0.351. The van der Waals surface area contributed by atoms with Crippen molar-refractivity contribution in [1.82, 2.24) is 20.2 Å². The summed E-state index contributed by atoms with van der Waals surface area (Å²) in [5, 5.41) is 5.57. The van der Waals surface area contributed by atoms with Crippen LogP contribution in [0.2, 0.25) is 0 Å². The van der Waals surface area contributed by atoms with Crippen LogP contribution in [0.25, 0.3) is 0 Å². The zero-order valence-corrected chi connectivity index (χ0v) is 13.8. The fourth-order valence-electron chi connectivity index (χ4n) is 2.91. The summed E-state index contributed by atoms with van der Waals surface area (Å²) in [6.07, 6.45) is 5.07. The lowest BCUT2D eigenvalue weighted by Gasteiger charge is -2.19. The van der Waals surface area contributed by atoms with Crippen molar-refractivity contribution >= 4 is 11.8 Å². The van der Waals surface area contributed by atoms with E-state index in [2.05, 4.69) is 27.8 Å². The second kappa shape index (κ2) is 6.86. The highest BCUT2D eigenvalue weighted by Crippen LogP contribution is 2.26. The lowest BCUT2D eigenvalue weighted by molar-refractivity contribution is -0.139. The molecule has 6 heteroatoms. The number of carbonyl (C=O) groups is 2. The van der Waals surface area contributed by atoms with Gasteiger partial charge in [0.2, 0.25) is 11.8 Å². The number of aryl methyl sites for hydroxylation is 2. The highest BCUT2D eigenvalue weighted by molar-refractivity contribution is 6.05. The maximum atomic E-state index is 12.4. The number of nitrogens with one attached hydrogen (secondary N) is 2. The number of hydrogen-bond donors (Lipinski definition) is 2. The van der Waals surface area contributed by atoms with Crippen molar-refractivity contribution in [2.45, 2.75) is 32.9 Å². The van der Waals surface area contributed by atoms with Crippen molar-refractivity contribution in [2.24, 2.45) is 5.41 Å². The molecule has 1 unspecified atom stereocenters. The van der Waals surface area contributed by atoms with Gasteiger partial charge in [-0.1, -0.05) is 30.3 Å². The first-order valence-corrected chi connectivity index (χ1v) is 8.20. The molecule has 24 heavy (non-hydrogen) atoms. The summed E-state index contributed by atoms with van der Waals surface area (Å²) in [6.45, 7) is 3.36. The molecule has 1 atom stereocenters. The highest BCUT2D eigenvalue weighted by Gasteiger charge is 2.44. The minimum absolute atomic E-state index is 0.201. The summed E-state index contributed by atoms with van der Waals surface area (Å²) in [5.41, 5.74) is 0.290. The van der Waals surface area contributed by atoms with Crippen LogP contribution in [-0.4, -0.2) is 27.9 Å². The molecular weight excluding hydrogens is 304 g/mol. The van der Waals surface area contributed by atoms with Gasteiger partial charge < -0.3 is 15.2 Å². The van der Waals surface area contributed by atoms with Gasteiger partial charge in [-0.05, 0) is 25.3 Å². The molecule has 1 aliphatic rings. The van der Waals surface area contributed by atoms with Gasteiger partial charge in [0.25, 0.3) is 0 Å². The Morgan fingerprint density at radius 3 is 2.88 bits per heavy atom. The van der Waals surface area contributed by atoms with Crippen molar-refractivity contribution < 1.29 is 9.59 Å². The Kier molecular flexibility index (Phi) is 4.64. The number of hydrogen-bond acceptors (Lipinski definition) is 3. The lowest BCUT2D eigenvalue weighted by atomic mass is 9.88. The second-order valence-electron chi connectivity index (χ2n) is 6.29. The zero-order chi connectivity index (χ0) is 17.0. The van der Waals surface area contributed by atoms with E-state index in [9.17, 15) is 9.59 Å². The molecule has 1 aliphatic heterocycles. The first kappa shape index (κ1) is 16.2. The van der Waals surface area contributed by atoms with Crippen molar-refractivity contribution in [3.05, 3.63) is 54.1 Å². The van der Waals surface area contributed by atoms with E-state index in [-0.39, 0.29) is 11.8 Å². The molecule has 1 fully saturated rings. The van der Waals surface area contributed by atoms with E-state index < -0.39 is 5.41 Å². The van der Waals surface area contributed by atoms with Gasteiger partial charge in [0, 0.05) is 25.5 Å². The van der Waals surface area contributed by atoms with Crippen LogP contribution >= 0.6 is 0 Å². The SMILES string of the molecule is CC1(C(=O)NCc2nccn2CCc2ccccc2)CCNC1=O. The minimum atomic E-state index is -0.971. The predicted molar refractivity (Wildman–Crippen MR) is 90.0 cm³/mol. The normalized spacial score (nSPS) is 20.0. The summed E-state index contributed by atoms with van der Waals surface area (Å²) >= 11 is 0. The number of nitrogens with zero attached hydrogens (tertiary/aromatic N) is 2. The Morgan fingerprint density at radius 2 is 2.17 bits per heavy atom. The molecular formula is C18H22N4O2. The van der Waals surface area contributed by atoms with E-state index in [0.29, 0.717) is 19.5 Å². The van der Waals surface area contributed by atoms with E-state index in [4.69, 9.17) is 0 Å². The fourth-order valence-corrected chi connectivity index (χ4v) is 2.91. The molecule has 0 radical (unpaired) electrons. The average Bonchev–Trinajstić information content (AvgIpc) is 3.19. The van der Waals surface area contributed by atoms with Gasteiger partial charge in [-0.15, -0.1) is 0 Å². The van der Waals surface area contributed by atoms with Crippen LogP contribution in [0.4, 0.5) is 0 Å². The van der Waals surface area contributed by atoms with Gasteiger partial charge >= 0.3 is 0 Å². The van der Waals surface area contributed by atoms with Gasteiger partial charge in [0.05, 0.1) is 6.54 Å². The quantitative estimate of drug-likeness (QED) is 0.785. The van der Waals surface area contributed by atoms with E-state index in [1.165, 1.54) is 5.56 Å². The number of amides is 2. The van der Waals surface area contributed by atoms with Gasteiger partial charge in [-0.3, -0.25) is 9.59 Å². The smallest absolute Gasteiger partial charge is 0.235 e. The fraction of sp³-hybridized carbons (Fsp3) is 0.389. The molecule has 1 aromatic heterocycles. The van der Waals surface area contributed by atoms with Gasteiger partial charge in [-0.25, -0.2) is 4.98 Å². The molecule has 0 spiro atoms. The van der Waals surface area contributed by atoms with Crippen LogP contribution in [0, 0.1) is 5.41 Å². The third kappa shape index (κ3) is 3.32. The number of imidazole rings is 1. The topological polar surface area (TPSA) is 76.0 Å². The average molecular weight is 326 g/mol. The van der Waals surface area contributed by atoms with Gasteiger partial charge in [0.15, 0.2) is 0 Å². The van der Waals surface area contributed by atoms with Crippen LogP contribution in [0.1, 0.15) is 24.7 Å². The van der Waals surface area contributed by atoms with Crippen LogP contribution in [0.15, 0.2) is 42.7 Å². The van der Waals surface area contributed by atoms with E-state index >= 15 is 0 Å². The van der Waals surface area contributed by atoms with Crippen molar-refractivity contribution in [1.29, 1.82) is 0 Å². The van der Waals surface area contributed by atoms with Crippen molar-refractivity contribution in [2.75, 3.05) is 6.54 Å². The third-order valence-corrected chi connectivity index (χ3v) is 4.61. The summed E-state index contributed by atoms with van der Waals surface area (Å²) < 4.78 is 2.03. The molecule has 1 aromatic carbocycles. The van der Waals surface area contributed by atoms with Gasteiger partial charge in [-0.2, -0.15) is 0 Å². The van der Waals surface area contributed by atoms with Gasteiger partial charge in [0.1, 0.15) is 11.2 Å². The Balaban J connectivity index is 1.58. The lowest BCUT2D eigenvalue weighted by Crippen LogP contribution is -2.43. The molecule has 6 nitrogen and oxygen atoms in total. The van der Waals surface area contributed by atoms with Crippen LogP contribution < -0.4 is 10.6 Å². The Hall–Kier alpha value is -2.63. The number of benzene rings is 1. The maximum Gasteiger partial charge on any atom is 0.235 e. The van der Waals surface area contributed by atoms with Crippen molar-refractivity contribution in [3.63, 3.8) is 0 Å². The summed E-state index contributed by atoms with van der Waals surface area (Å²) in [6, 6.07) is 10.2.